The number of aromatic nitrogens is 3. The van der Waals surface area contributed by atoms with E-state index < -0.39 is 5.60 Å². The largest absolute Gasteiger partial charge is 0.390 e. The van der Waals surface area contributed by atoms with Crippen molar-refractivity contribution >= 4 is 46.0 Å². The van der Waals surface area contributed by atoms with Gasteiger partial charge >= 0.3 is 0 Å². The first-order valence-corrected chi connectivity index (χ1v) is 10.8. The van der Waals surface area contributed by atoms with Crippen molar-refractivity contribution in [2.24, 2.45) is 10.8 Å². The van der Waals surface area contributed by atoms with Gasteiger partial charge in [0.2, 0.25) is 0 Å². The number of nitriles is 1. The van der Waals surface area contributed by atoms with E-state index in [2.05, 4.69) is 16.2 Å². The molecular weight excluding hydrogens is 446 g/mol. The van der Waals surface area contributed by atoms with Gasteiger partial charge in [-0.25, -0.2) is 15.0 Å². The predicted octanol–water partition coefficient (Wildman–Crippen LogP) is 3.57. The molecule has 166 valence electrons. The van der Waals surface area contributed by atoms with Gasteiger partial charge in [0.05, 0.1) is 23.4 Å². The Morgan fingerprint density at radius 2 is 2.22 bits per heavy atom. The van der Waals surface area contributed by atoms with Crippen molar-refractivity contribution in [1.82, 2.24) is 19.5 Å². The lowest BCUT2D eigenvalue weighted by Gasteiger charge is -2.22. The molecule has 0 unspecified atom stereocenters. The van der Waals surface area contributed by atoms with Gasteiger partial charge in [-0.2, -0.15) is 10.4 Å². The third-order valence-electron chi connectivity index (χ3n) is 4.80. The lowest BCUT2D eigenvalue weighted by atomic mass is 10.0. The third-order valence-corrected chi connectivity index (χ3v) is 5.36. The Balaban J connectivity index is 2.08. The van der Waals surface area contributed by atoms with Crippen LogP contribution in [0.2, 0.25) is 5.02 Å². The van der Waals surface area contributed by atoms with Gasteiger partial charge < -0.3 is 10.8 Å². The molecule has 0 saturated carbocycles. The van der Waals surface area contributed by atoms with E-state index in [0.717, 1.165) is 16.5 Å². The van der Waals surface area contributed by atoms with Crippen molar-refractivity contribution in [3.05, 3.63) is 53.1 Å². The van der Waals surface area contributed by atoms with Crippen LogP contribution in [0.15, 0.2) is 42.0 Å². The van der Waals surface area contributed by atoms with Crippen LogP contribution in [0.5, 0.6) is 0 Å². The van der Waals surface area contributed by atoms with Gasteiger partial charge in [-0.15, -0.1) is 0 Å². The summed E-state index contributed by atoms with van der Waals surface area (Å²) in [6.07, 6.45) is 8.12. The molecule has 8 nitrogen and oxygen atoms in total. The topological polar surface area (TPSA) is 116 Å². The Morgan fingerprint density at radius 1 is 1.44 bits per heavy atom. The number of aliphatic hydroxyl groups is 1. The van der Waals surface area contributed by atoms with Crippen molar-refractivity contribution < 1.29 is 5.11 Å². The number of hydrogen-bond acceptors (Lipinski definition) is 6. The summed E-state index contributed by atoms with van der Waals surface area (Å²) in [5.41, 5.74) is 7.29. The third kappa shape index (κ3) is 6.01. The van der Waals surface area contributed by atoms with E-state index in [0.29, 0.717) is 42.2 Å². The fourth-order valence-electron chi connectivity index (χ4n) is 3.06. The minimum Gasteiger partial charge on any atom is -0.390 e. The fourth-order valence-corrected chi connectivity index (χ4v) is 3.45. The maximum Gasteiger partial charge on any atom is 0.186 e. The molecule has 0 bridgehead atoms. The highest BCUT2D eigenvalue weighted by Crippen LogP contribution is 2.27. The smallest absolute Gasteiger partial charge is 0.186 e. The van der Waals surface area contributed by atoms with Crippen LogP contribution >= 0.6 is 23.8 Å². The van der Waals surface area contributed by atoms with Crippen LogP contribution in [0.25, 0.3) is 16.7 Å². The quantitative estimate of drug-likeness (QED) is 0.294. The van der Waals surface area contributed by atoms with E-state index in [1.165, 1.54) is 5.01 Å². The zero-order chi connectivity index (χ0) is 23.3. The second-order valence-electron chi connectivity index (χ2n) is 7.93. The minimum absolute atomic E-state index is 0.108. The summed E-state index contributed by atoms with van der Waals surface area (Å²) in [6.45, 7) is 3.80. The van der Waals surface area contributed by atoms with E-state index in [4.69, 9.17) is 39.8 Å². The lowest BCUT2D eigenvalue weighted by molar-refractivity contribution is 0.0649. The maximum atomic E-state index is 10.0. The molecular formula is C22H24ClN7OS. The molecule has 10 heteroatoms. The number of aryl methyl sites for hydroxylation is 1. The second-order valence-corrected chi connectivity index (χ2v) is 8.75. The lowest BCUT2D eigenvalue weighted by Crippen LogP contribution is -2.35. The van der Waals surface area contributed by atoms with Gasteiger partial charge in [0, 0.05) is 41.3 Å². The number of imidazole rings is 1. The Hall–Kier alpha value is -3.06. The molecule has 2 heterocycles. The molecule has 0 spiro atoms. The first kappa shape index (κ1) is 23.6. The number of halogens is 1. The predicted molar refractivity (Wildman–Crippen MR) is 130 cm³/mol. The molecule has 0 amide bonds. The number of nitrogens with two attached hydrogens (primary N) is 1. The Morgan fingerprint density at radius 3 is 2.84 bits per heavy atom. The number of hydrogen-bond donors (Lipinski definition) is 2. The molecule has 0 atom stereocenters. The molecule has 32 heavy (non-hydrogen) atoms. The monoisotopic (exact) mass is 469 g/mol. The number of thiocarbonyl (C=S) groups is 1. The van der Waals surface area contributed by atoms with E-state index in [9.17, 15) is 5.11 Å². The first-order chi connectivity index (χ1) is 15.2. The van der Waals surface area contributed by atoms with Gasteiger partial charge in [-0.3, -0.25) is 4.57 Å². The van der Waals surface area contributed by atoms with Gasteiger partial charge in [0.15, 0.2) is 5.11 Å². The molecule has 0 saturated heterocycles. The van der Waals surface area contributed by atoms with Gasteiger partial charge in [-0.05, 0) is 62.7 Å². The van der Waals surface area contributed by atoms with Crippen LogP contribution in [-0.4, -0.2) is 48.1 Å². The number of hydrazone groups is 1. The summed E-state index contributed by atoms with van der Waals surface area (Å²) in [5, 5.41) is 26.4. The Bertz CT molecular complexity index is 1180. The number of nitrogens with zero attached hydrogens (tertiary/aromatic N) is 6. The van der Waals surface area contributed by atoms with Gasteiger partial charge in [-0.1, -0.05) is 11.6 Å². The summed E-state index contributed by atoms with van der Waals surface area (Å²) >= 11 is 11.6. The summed E-state index contributed by atoms with van der Waals surface area (Å²) < 4.78 is 1.79. The molecule has 0 aliphatic heterocycles. The van der Waals surface area contributed by atoms with Crippen LogP contribution in [0.4, 0.5) is 0 Å². The van der Waals surface area contributed by atoms with Crippen LogP contribution in [-0.2, 0) is 6.42 Å². The highest BCUT2D eigenvalue weighted by atomic mass is 35.5. The van der Waals surface area contributed by atoms with Crippen molar-refractivity contribution in [1.29, 1.82) is 5.26 Å². The molecule has 0 aliphatic rings. The number of fused-ring (bicyclic) bond motifs is 1. The summed E-state index contributed by atoms with van der Waals surface area (Å²) in [7, 11) is 0. The van der Waals surface area contributed by atoms with Crippen molar-refractivity contribution in [2.45, 2.75) is 38.7 Å². The van der Waals surface area contributed by atoms with E-state index in [-0.39, 0.29) is 5.11 Å². The number of rotatable bonds is 8. The van der Waals surface area contributed by atoms with Crippen molar-refractivity contribution in [3.8, 4) is 11.9 Å². The van der Waals surface area contributed by atoms with Crippen LogP contribution in [0, 0.1) is 11.3 Å². The standard InChI is InChI=1S/C22H24ClN7OS/c1-22(2,31)5-8-30(21(25)32)27-13-16-11-20(29-9-7-26-14-29)28-19-12-18(23)15(4-3-6-24)10-17(16)19/h7,9-14,31H,3-5,8H2,1-2H3,(H2,25,32)/b27-13+. The number of pyridine rings is 1. The molecule has 3 aromatic rings. The van der Waals surface area contributed by atoms with Crippen LogP contribution < -0.4 is 5.73 Å². The fraction of sp³-hybridized carbons (Fsp3) is 0.318. The zero-order valence-electron chi connectivity index (χ0n) is 17.9. The van der Waals surface area contributed by atoms with Gasteiger partial charge in [0.25, 0.3) is 0 Å². The summed E-state index contributed by atoms with van der Waals surface area (Å²) in [5.74, 6) is 0.649. The highest BCUT2D eigenvalue weighted by molar-refractivity contribution is 7.80. The average Bonchev–Trinajstić information content (AvgIpc) is 3.25. The van der Waals surface area contributed by atoms with E-state index in [1.807, 2.05) is 12.1 Å². The first-order valence-electron chi connectivity index (χ1n) is 10.00. The second kappa shape index (κ2) is 10.0. The van der Waals surface area contributed by atoms with Crippen molar-refractivity contribution in [2.75, 3.05) is 6.54 Å². The molecule has 2 aromatic heterocycles. The minimum atomic E-state index is -0.872. The van der Waals surface area contributed by atoms with Crippen LogP contribution in [0.3, 0.4) is 0 Å². The van der Waals surface area contributed by atoms with Crippen LogP contribution in [0.1, 0.15) is 37.8 Å². The molecule has 3 N–H and O–H groups in total. The average molecular weight is 470 g/mol. The molecule has 3 rings (SSSR count). The van der Waals surface area contributed by atoms with Gasteiger partial charge in [0.1, 0.15) is 12.1 Å². The highest BCUT2D eigenvalue weighted by Gasteiger charge is 2.16. The molecule has 0 radical (unpaired) electrons. The van der Waals surface area contributed by atoms with E-state index in [1.54, 1.807) is 49.4 Å². The number of benzene rings is 1. The molecule has 1 aromatic carbocycles. The van der Waals surface area contributed by atoms with E-state index >= 15 is 0 Å². The Kier molecular flexibility index (Phi) is 7.40. The van der Waals surface area contributed by atoms with Crippen molar-refractivity contribution in [3.63, 3.8) is 0 Å². The molecule has 0 aliphatic carbocycles. The normalized spacial score (nSPS) is 11.7. The maximum absolute atomic E-state index is 10.0. The summed E-state index contributed by atoms with van der Waals surface area (Å²) in [6, 6.07) is 7.75. The molecule has 0 fully saturated rings. The zero-order valence-corrected chi connectivity index (χ0v) is 19.4. The Labute approximate surface area is 196 Å². The summed E-state index contributed by atoms with van der Waals surface area (Å²) in [4.78, 5) is 8.79. The SMILES string of the molecule is CC(C)(O)CCN(/N=C/c1cc(-n2ccnc2)nc2cc(Cl)c(CCC#N)cc12)C(N)=S.